The molecule has 1 atom stereocenters. The van der Waals surface area contributed by atoms with E-state index in [1.807, 2.05) is 0 Å². The van der Waals surface area contributed by atoms with Gasteiger partial charge in [0.1, 0.15) is 0 Å². The molecular formula is C10H12N4O3. The highest BCUT2D eigenvalue weighted by molar-refractivity contribution is 5.68. The van der Waals surface area contributed by atoms with Gasteiger partial charge in [0, 0.05) is 25.2 Å². The average molecular weight is 236 g/mol. The van der Waals surface area contributed by atoms with Crippen molar-refractivity contribution in [1.82, 2.24) is 9.38 Å². The summed E-state index contributed by atoms with van der Waals surface area (Å²) in [6.07, 6.45) is 0.728. The molecule has 0 spiro atoms. The van der Waals surface area contributed by atoms with Gasteiger partial charge in [0.15, 0.2) is 5.52 Å². The molecule has 0 aliphatic rings. The topological polar surface area (TPSA) is 107 Å². The lowest BCUT2D eigenvalue weighted by atomic mass is 10.1. The number of aliphatic hydroxyl groups is 1. The molecule has 2 heterocycles. The highest BCUT2D eigenvalue weighted by atomic mass is 16.6. The summed E-state index contributed by atoms with van der Waals surface area (Å²) >= 11 is 0. The normalized spacial score (nSPS) is 12.9. The molecule has 17 heavy (non-hydrogen) atoms. The molecule has 0 aliphatic carbocycles. The Hall–Kier alpha value is -1.99. The minimum Gasteiger partial charge on any atom is -0.387 e. The van der Waals surface area contributed by atoms with Gasteiger partial charge in [-0.05, 0) is 16.0 Å². The highest BCUT2D eigenvalue weighted by Crippen LogP contribution is 2.27. The van der Waals surface area contributed by atoms with Crippen molar-refractivity contribution in [3.8, 4) is 0 Å². The predicted molar refractivity (Wildman–Crippen MR) is 60.6 cm³/mol. The SMILES string of the molecule is Cc1nc([N+](=O)[O-])c2c(C(O)CN)cccn12. The summed E-state index contributed by atoms with van der Waals surface area (Å²) in [4.78, 5) is 14.2. The fourth-order valence-electron chi connectivity index (χ4n) is 1.82. The van der Waals surface area contributed by atoms with Gasteiger partial charge in [-0.1, -0.05) is 6.07 Å². The van der Waals surface area contributed by atoms with E-state index >= 15 is 0 Å². The third kappa shape index (κ3) is 1.75. The van der Waals surface area contributed by atoms with Crippen LogP contribution in [0.5, 0.6) is 0 Å². The summed E-state index contributed by atoms with van der Waals surface area (Å²) < 4.78 is 1.58. The van der Waals surface area contributed by atoms with Crippen molar-refractivity contribution in [3.63, 3.8) is 0 Å². The van der Waals surface area contributed by atoms with Gasteiger partial charge in [-0.25, -0.2) is 0 Å². The second-order valence-corrected chi connectivity index (χ2v) is 3.67. The molecule has 2 aromatic rings. The minimum atomic E-state index is -0.937. The third-order valence-corrected chi connectivity index (χ3v) is 2.61. The van der Waals surface area contributed by atoms with Crippen LogP contribution in [0.15, 0.2) is 18.3 Å². The Balaban J connectivity index is 2.81. The van der Waals surface area contributed by atoms with Crippen LogP contribution in [0, 0.1) is 17.0 Å². The number of aryl methyl sites for hydroxylation is 1. The summed E-state index contributed by atoms with van der Waals surface area (Å²) in [5, 5.41) is 20.7. The van der Waals surface area contributed by atoms with Crippen LogP contribution in [0.1, 0.15) is 17.5 Å². The summed E-state index contributed by atoms with van der Waals surface area (Å²) in [5.74, 6) is 0.239. The van der Waals surface area contributed by atoms with Gasteiger partial charge >= 0.3 is 5.82 Å². The zero-order valence-corrected chi connectivity index (χ0v) is 9.20. The largest absolute Gasteiger partial charge is 0.390 e. The number of imidazole rings is 1. The van der Waals surface area contributed by atoms with Gasteiger partial charge in [0.25, 0.3) is 0 Å². The molecule has 0 aromatic carbocycles. The number of hydrogen-bond donors (Lipinski definition) is 2. The Bertz CT molecular complexity index is 578. The third-order valence-electron chi connectivity index (χ3n) is 2.61. The fraction of sp³-hybridized carbons (Fsp3) is 0.300. The number of hydrogen-bond acceptors (Lipinski definition) is 5. The van der Waals surface area contributed by atoms with E-state index in [-0.39, 0.29) is 12.4 Å². The maximum absolute atomic E-state index is 10.9. The quantitative estimate of drug-likeness (QED) is 0.597. The van der Waals surface area contributed by atoms with Crippen LogP contribution in [-0.4, -0.2) is 26.0 Å². The predicted octanol–water partition coefficient (Wildman–Crippen LogP) is 0.543. The van der Waals surface area contributed by atoms with Gasteiger partial charge in [-0.15, -0.1) is 0 Å². The molecule has 7 heteroatoms. The van der Waals surface area contributed by atoms with Gasteiger partial charge in [0.05, 0.1) is 6.10 Å². The van der Waals surface area contributed by atoms with E-state index < -0.39 is 11.0 Å². The Morgan fingerprint density at radius 1 is 1.71 bits per heavy atom. The van der Waals surface area contributed by atoms with Crippen molar-refractivity contribution in [2.75, 3.05) is 6.54 Å². The maximum Gasteiger partial charge on any atom is 0.390 e. The Kier molecular flexibility index (Phi) is 2.78. The fourth-order valence-corrected chi connectivity index (χ4v) is 1.82. The zero-order valence-electron chi connectivity index (χ0n) is 9.20. The summed E-state index contributed by atoms with van der Waals surface area (Å²) in [7, 11) is 0. The lowest BCUT2D eigenvalue weighted by Crippen LogP contribution is -2.12. The van der Waals surface area contributed by atoms with Crippen molar-refractivity contribution in [1.29, 1.82) is 0 Å². The Morgan fingerprint density at radius 3 is 3.00 bits per heavy atom. The molecule has 2 aromatic heterocycles. The minimum absolute atomic E-state index is 0.00105. The van der Waals surface area contributed by atoms with Crippen LogP contribution >= 0.6 is 0 Å². The van der Waals surface area contributed by atoms with Crippen LogP contribution < -0.4 is 5.73 Å². The molecule has 0 fully saturated rings. The van der Waals surface area contributed by atoms with E-state index in [4.69, 9.17) is 5.73 Å². The maximum atomic E-state index is 10.9. The van der Waals surface area contributed by atoms with Gasteiger partial charge in [-0.2, -0.15) is 0 Å². The van der Waals surface area contributed by atoms with E-state index in [0.29, 0.717) is 16.9 Å². The second-order valence-electron chi connectivity index (χ2n) is 3.67. The van der Waals surface area contributed by atoms with E-state index in [9.17, 15) is 15.2 Å². The van der Waals surface area contributed by atoms with Crippen molar-refractivity contribution in [2.24, 2.45) is 5.73 Å². The summed E-state index contributed by atoms with van der Waals surface area (Å²) in [5.41, 5.74) is 6.10. The number of rotatable bonds is 3. The van der Waals surface area contributed by atoms with E-state index in [2.05, 4.69) is 4.98 Å². The molecule has 0 bridgehead atoms. The monoisotopic (exact) mass is 236 g/mol. The van der Waals surface area contributed by atoms with Gasteiger partial charge in [-0.3, -0.25) is 4.40 Å². The number of aromatic nitrogens is 2. The number of pyridine rings is 1. The zero-order chi connectivity index (χ0) is 12.6. The van der Waals surface area contributed by atoms with Gasteiger partial charge < -0.3 is 21.0 Å². The molecule has 0 aliphatic heterocycles. The summed E-state index contributed by atoms with van der Waals surface area (Å²) in [6.45, 7) is 1.67. The van der Waals surface area contributed by atoms with Crippen LogP contribution in [0.3, 0.4) is 0 Å². The first-order valence-corrected chi connectivity index (χ1v) is 5.06. The van der Waals surface area contributed by atoms with Crippen LogP contribution in [-0.2, 0) is 0 Å². The molecule has 0 saturated carbocycles. The van der Waals surface area contributed by atoms with Crippen molar-refractivity contribution >= 4 is 11.3 Å². The number of fused-ring (bicyclic) bond motifs is 1. The second kappa shape index (κ2) is 4.11. The molecule has 7 nitrogen and oxygen atoms in total. The van der Waals surface area contributed by atoms with Crippen molar-refractivity contribution in [2.45, 2.75) is 13.0 Å². The molecular weight excluding hydrogens is 224 g/mol. The standard InChI is InChI=1S/C10H12N4O3/c1-6-12-10(14(16)17)9-7(8(15)5-11)3-2-4-13(6)9/h2-4,8,15H,5,11H2,1H3. The first-order valence-electron chi connectivity index (χ1n) is 5.06. The molecule has 3 N–H and O–H groups in total. The van der Waals surface area contributed by atoms with Crippen molar-refractivity contribution < 1.29 is 10.0 Å². The van der Waals surface area contributed by atoms with Crippen LogP contribution in [0.2, 0.25) is 0 Å². The number of nitrogens with zero attached hydrogens (tertiary/aromatic N) is 3. The molecule has 90 valence electrons. The molecule has 1 unspecified atom stereocenters. The van der Waals surface area contributed by atoms with E-state index in [1.54, 1.807) is 29.7 Å². The van der Waals surface area contributed by atoms with Crippen molar-refractivity contribution in [3.05, 3.63) is 39.8 Å². The Labute approximate surface area is 96.7 Å². The average Bonchev–Trinajstić information content (AvgIpc) is 2.66. The first-order chi connectivity index (χ1) is 8.06. The van der Waals surface area contributed by atoms with E-state index in [0.717, 1.165) is 0 Å². The van der Waals surface area contributed by atoms with Gasteiger partial charge in [0.2, 0.25) is 5.82 Å². The highest BCUT2D eigenvalue weighted by Gasteiger charge is 2.24. The number of nitrogens with two attached hydrogens (primary N) is 1. The summed E-state index contributed by atoms with van der Waals surface area (Å²) in [6, 6.07) is 3.31. The van der Waals surface area contributed by atoms with Crippen LogP contribution in [0.4, 0.5) is 5.82 Å². The van der Waals surface area contributed by atoms with E-state index in [1.165, 1.54) is 0 Å². The number of aliphatic hydroxyl groups excluding tert-OH is 1. The smallest absolute Gasteiger partial charge is 0.387 e. The molecule has 0 amide bonds. The lowest BCUT2D eigenvalue weighted by molar-refractivity contribution is -0.387. The molecule has 0 radical (unpaired) electrons. The molecule has 2 rings (SSSR count). The first kappa shape index (κ1) is 11.5. The lowest BCUT2D eigenvalue weighted by Gasteiger charge is -2.09. The molecule has 0 saturated heterocycles. The number of nitro groups is 1. The Morgan fingerprint density at radius 2 is 2.41 bits per heavy atom. The van der Waals surface area contributed by atoms with Crippen LogP contribution in [0.25, 0.3) is 5.52 Å².